The molecule has 0 N–H and O–H groups in total. The second kappa shape index (κ2) is 7.41. The van der Waals surface area contributed by atoms with E-state index in [0.717, 1.165) is 4.88 Å². The molecule has 0 aromatic carbocycles. The first-order chi connectivity index (χ1) is 8.30. The minimum Gasteiger partial charge on any atom is -0.296 e. The zero-order valence-corrected chi connectivity index (χ0v) is 10.2. The quantitative estimate of drug-likeness (QED) is 0.769. The van der Waals surface area contributed by atoms with Crippen LogP contribution < -0.4 is 0 Å². The molecule has 1 aromatic rings. The summed E-state index contributed by atoms with van der Waals surface area (Å²) >= 11 is 1.54. The lowest BCUT2D eigenvalue weighted by Gasteiger charge is -2.18. The summed E-state index contributed by atoms with van der Waals surface area (Å²) < 4.78 is 0. The van der Waals surface area contributed by atoms with Crippen molar-refractivity contribution < 1.29 is 0 Å². The Morgan fingerprint density at radius 3 is 2.24 bits per heavy atom. The van der Waals surface area contributed by atoms with E-state index in [1.807, 2.05) is 11.4 Å². The molecule has 0 aliphatic carbocycles. The Labute approximate surface area is 105 Å². The maximum Gasteiger partial charge on any atom is 0.100 e. The highest BCUT2D eigenvalue weighted by atomic mass is 32.1. The van der Waals surface area contributed by atoms with E-state index in [-0.39, 0.29) is 0 Å². The molecule has 4 nitrogen and oxygen atoms in total. The summed E-state index contributed by atoms with van der Waals surface area (Å²) in [6, 6.07) is 8.16. The van der Waals surface area contributed by atoms with Crippen LogP contribution in [0.3, 0.4) is 0 Å². The largest absolute Gasteiger partial charge is 0.296 e. The van der Waals surface area contributed by atoms with Gasteiger partial charge in [-0.05, 0) is 6.07 Å². The molecule has 0 atom stereocenters. The SMILES string of the molecule is N#CCCN(CCC#N)Cc1cc(C#N)cs1. The molecule has 0 amide bonds. The molecule has 1 aromatic heterocycles. The molecule has 0 fully saturated rings. The normalized spacial score (nSPS) is 9.53. The number of nitrogens with zero attached hydrogens (tertiary/aromatic N) is 4. The molecular weight excluding hydrogens is 232 g/mol. The van der Waals surface area contributed by atoms with Crippen LogP contribution in [0.15, 0.2) is 11.4 Å². The lowest BCUT2D eigenvalue weighted by Crippen LogP contribution is -2.24. The van der Waals surface area contributed by atoms with E-state index in [2.05, 4.69) is 23.1 Å². The predicted molar refractivity (Wildman–Crippen MR) is 64.8 cm³/mol. The van der Waals surface area contributed by atoms with Crippen LogP contribution in [0.1, 0.15) is 23.3 Å². The van der Waals surface area contributed by atoms with Crippen LogP contribution >= 0.6 is 11.3 Å². The third kappa shape index (κ3) is 4.66. The van der Waals surface area contributed by atoms with Crippen LogP contribution in [0.25, 0.3) is 0 Å². The molecule has 1 rings (SSSR count). The number of hydrogen-bond acceptors (Lipinski definition) is 5. The van der Waals surface area contributed by atoms with Gasteiger partial charge in [0.15, 0.2) is 0 Å². The molecule has 0 aliphatic rings. The predicted octanol–water partition coefficient (Wildman–Crippen LogP) is 2.25. The number of nitriles is 3. The fraction of sp³-hybridized carbons (Fsp3) is 0.417. The van der Waals surface area contributed by atoms with Crippen LogP contribution in [0.2, 0.25) is 0 Å². The van der Waals surface area contributed by atoms with Gasteiger partial charge in [0.05, 0.1) is 17.7 Å². The number of thiophene rings is 1. The topological polar surface area (TPSA) is 74.6 Å². The number of hydrogen-bond donors (Lipinski definition) is 0. The highest BCUT2D eigenvalue weighted by Crippen LogP contribution is 2.16. The average Bonchev–Trinajstić information content (AvgIpc) is 2.80. The third-order valence-corrected chi connectivity index (χ3v) is 3.16. The van der Waals surface area contributed by atoms with Gasteiger partial charge in [0, 0.05) is 42.7 Å². The summed E-state index contributed by atoms with van der Waals surface area (Å²) in [5, 5.41) is 27.7. The standard InChI is InChI=1S/C12H12N4S/c13-3-1-5-16(6-2-4-14)9-12-7-11(8-15)10-17-12/h7,10H,1-2,5-6,9H2. The van der Waals surface area contributed by atoms with E-state index < -0.39 is 0 Å². The molecule has 0 radical (unpaired) electrons. The molecule has 1 heterocycles. The Kier molecular flexibility index (Phi) is 5.75. The van der Waals surface area contributed by atoms with Crippen molar-refractivity contribution in [2.24, 2.45) is 0 Å². The Bertz CT molecular complexity index is 454. The van der Waals surface area contributed by atoms with Crippen LogP contribution in [-0.4, -0.2) is 18.0 Å². The van der Waals surface area contributed by atoms with Gasteiger partial charge in [-0.3, -0.25) is 4.90 Å². The first kappa shape index (κ1) is 13.2. The minimum atomic E-state index is 0.460. The second-order valence-electron chi connectivity index (χ2n) is 3.51. The maximum atomic E-state index is 8.72. The van der Waals surface area contributed by atoms with E-state index in [4.69, 9.17) is 15.8 Å². The van der Waals surface area contributed by atoms with E-state index in [1.54, 1.807) is 0 Å². The van der Waals surface area contributed by atoms with Crippen molar-refractivity contribution in [3.05, 3.63) is 21.9 Å². The van der Waals surface area contributed by atoms with Gasteiger partial charge >= 0.3 is 0 Å². The van der Waals surface area contributed by atoms with Crippen molar-refractivity contribution in [1.82, 2.24) is 4.90 Å². The highest BCUT2D eigenvalue weighted by Gasteiger charge is 2.07. The van der Waals surface area contributed by atoms with Crippen LogP contribution in [-0.2, 0) is 6.54 Å². The lowest BCUT2D eigenvalue weighted by molar-refractivity contribution is 0.280. The van der Waals surface area contributed by atoms with Gasteiger partial charge in [0.1, 0.15) is 6.07 Å². The molecule has 5 heteroatoms. The summed E-state index contributed by atoms with van der Waals surface area (Å²) in [5.41, 5.74) is 0.672. The molecule has 17 heavy (non-hydrogen) atoms. The van der Waals surface area contributed by atoms with Gasteiger partial charge in [-0.1, -0.05) is 0 Å². The second-order valence-corrected chi connectivity index (χ2v) is 4.50. The molecule has 0 spiro atoms. The third-order valence-electron chi connectivity index (χ3n) is 2.24. The van der Waals surface area contributed by atoms with Gasteiger partial charge in [0.2, 0.25) is 0 Å². The lowest BCUT2D eigenvalue weighted by atomic mass is 10.3. The minimum absolute atomic E-state index is 0.460. The molecule has 0 bridgehead atoms. The first-order valence-corrected chi connectivity index (χ1v) is 6.12. The van der Waals surface area contributed by atoms with Gasteiger partial charge in [0.25, 0.3) is 0 Å². The first-order valence-electron chi connectivity index (χ1n) is 5.24. The van der Waals surface area contributed by atoms with Crippen molar-refractivity contribution in [3.63, 3.8) is 0 Å². The molecule has 0 unspecified atom stereocenters. The van der Waals surface area contributed by atoms with E-state index >= 15 is 0 Å². The zero-order chi connectivity index (χ0) is 12.5. The monoisotopic (exact) mass is 244 g/mol. The van der Waals surface area contributed by atoms with Gasteiger partial charge in [-0.2, -0.15) is 15.8 Å². The molecule has 0 saturated carbocycles. The van der Waals surface area contributed by atoms with E-state index in [0.29, 0.717) is 38.0 Å². The van der Waals surface area contributed by atoms with Gasteiger partial charge in [-0.15, -0.1) is 11.3 Å². The summed E-state index contributed by atoms with van der Waals surface area (Å²) in [6.45, 7) is 2.03. The summed E-state index contributed by atoms with van der Waals surface area (Å²) in [6.07, 6.45) is 0.920. The summed E-state index contributed by atoms with van der Waals surface area (Å²) in [5.74, 6) is 0. The smallest absolute Gasteiger partial charge is 0.100 e. The molecule has 0 saturated heterocycles. The highest BCUT2D eigenvalue weighted by molar-refractivity contribution is 7.10. The van der Waals surface area contributed by atoms with Crippen molar-refractivity contribution in [1.29, 1.82) is 15.8 Å². The van der Waals surface area contributed by atoms with Gasteiger partial charge in [-0.25, -0.2) is 0 Å². The Morgan fingerprint density at radius 1 is 1.12 bits per heavy atom. The van der Waals surface area contributed by atoms with Crippen molar-refractivity contribution in [2.45, 2.75) is 19.4 Å². The van der Waals surface area contributed by atoms with Crippen LogP contribution in [0, 0.1) is 34.0 Å². The number of rotatable bonds is 6. The van der Waals surface area contributed by atoms with E-state index in [1.165, 1.54) is 11.3 Å². The Hall–Kier alpha value is -1.87. The van der Waals surface area contributed by atoms with Crippen molar-refractivity contribution in [3.8, 4) is 18.2 Å². The van der Waals surface area contributed by atoms with Crippen molar-refractivity contribution >= 4 is 11.3 Å². The molecule has 0 aliphatic heterocycles. The zero-order valence-electron chi connectivity index (χ0n) is 9.39. The average molecular weight is 244 g/mol. The molecular formula is C12H12N4S. The fourth-order valence-corrected chi connectivity index (χ4v) is 2.28. The van der Waals surface area contributed by atoms with Crippen molar-refractivity contribution in [2.75, 3.05) is 13.1 Å². The van der Waals surface area contributed by atoms with Crippen LogP contribution in [0.4, 0.5) is 0 Å². The summed E-state index contributed by atoms with van der Waals surface area (Å²) in [7, 11) is 0. The molecule has 86 valence electrons. The van der Waals surface area contributed by atoms with Crippen LogP contribution in [0.5, 0.6) is 0 Å². The maximum absolute atomic E-state index is 8.72. The Morgan fingerprint density at radius 2 is 1.76 bits per heavy atom. The Balaban J connectivity index is 2.56. The summed E-state index contributed by atoms with van der Waals surface area (Å²) in [4.78, 5) is 3.16. The van der Waals surface area contributed by atoms with E-state index in [9.17, 15) is 0 Å². The van der Waals surface area contributed by atoms with Gasteiger partial charge < -0.3 is 0 Å². The fourth-order valence-electron chi connectivity index (χ4n) is 1.43.